The Morgan fingerprint density at radius 3 is 2.90 bits per heavy atom. The summed E-state index contributed by atoms with van der Waals surface area (Å²) >= 11 is 0. The Labute approximate surface area is 124 Å². The molecular formula is C9H17N4O6PSi. The van der Waals surface area contributed by atoms with Crippen molar-refractivity contribution in [3.05, 3.63) is 22.7 Å². The zero-order valence-electron chi connectivity index (χ0n) is 11.2. The number of anilines is 1. The molecule has 0 aliphatic carbocycles. The van der Waals surface area contributed by atoms with Crippen molar-refractivity contribution in [2.45, 2.75) is 24.5 Å². The zero-order valence-corrected chi connectivity index (χ0v) is 14.1. The van der Waals surface area contributed by atoms with Crippen molar-refractivity contribution in [1.29, 1.82) is 0 Å². The summed E-state index contributed by atoms with van der Waals surface area (Å²) < 4.78 is 17.0. The fraction of sp³-hybridized carbons (Fsp3) is 0.556. The molecule has 0 spiro atoms. The Bertz CT molecular complexity index is 545. The first-order chi connectivity index (χ1) is 9.93. The molecule has 1 aromatic heterocycles. The average Bonchev–Trinajstić information content (AvgIpc) is 2.72. The van der Waals surface area contributed by atoms with Crippen LogP contribution in [0.2, 0.25) is 0 Å². The third kappa shape index (κ3) is 3.65. The van der Waals surface area contributed by atoms with Gasteiger partial charge in [-0.3, -0.25) is 10.1 Å². The van der Waals surface area contributed by atoms with Crippen LogP contribution < -0.4 is 16.9 Å². The molecule has 6 N–H and O–H groups in total. The van der Waals surface area contributed by atoms with E-state index in [1.807, 2.05) is 0 Å². The van der Waals surface area contributed by atoms with Crippen LogP contribution in [0.1, 0.15) is 6.23 Å². The van der Waals surface area contributed by atoms with Gasteiger partial charge in [-0.2, -0.15) is 4.98 Å². The highest BCUT2D eigenvalue weighted by atomic mass is 31.2. The Balaban J connectivity index is 2.20. The lowest BCUT2D eigenvalue weighted by Crippen LogP contribution is -2.37. The fourth-order valence-electron chi connectivity index (χ4n) is 2.10. The van der Waals surface area contributed by atoms with Crippen molar-refractivity contribution in [3.63, 3.8) is 0 Å². The van der Waals surface area contributed by atoms with Crippen molar-refractivity contribution in [2.75, 3.05) is 12.3 Å². The van der Waals surface area contributed by atoms with Crippen molar-refractivity contribution in [3.8, 4) is 0 Å². The normalized spacial score (nSPS) is 30.6. The van der Waals surface area contributed by atoms with E-state index in [-0.39, 0.29) is 12.4 Å². The molecule has 0 radical (unpaired) electrons. The van der Waals surface area contributed by atoms with Gasteiger partial charge in [0.05, 0.1) is 6.61 Å². The van der Waals surface area contributed by atoms with Gasteiger partial charge in [-0.15, -0.1) is 0 Å². The van der Waals surface area contributed by atoms with Crippen molar-refractivity contribution < 1.29 is 23.7 Å². The third-order valence-electron chi connectivity index (χ3n) is 3.08. The van der Waals surface area contributed by atoms with E-state index in [0.29, 0.717) is 10.5 Å². The van der Waals surface area contributed by atoms with E-state index in [2.05, 4.69) is 4.98 Å². The van der Waals surface area contributed by atoms with Crippen LogP contribution in [0, 0.1) is 0 Å². The zero-order chi connectivity index (χ0) is 15.6. The molecular weight excluding hydrogens is 319 g/mol. The minimum atomic E-state index is -2.05. The number of hydrogen-bond donors (Lipinski definition) is 4. The predicted molar refractivity (Wildman–Crippen MR) is 76.9 cm³/mol. The molecule has 10 nitrogen and oxygen atoms in total. The summed E-state index contributed by atoms with van der Waals surface area (Å²) in [7, 11) is -1.72. The van der Waals surface area contributed by atoms with E-state index in [4.69, 9.17) is 29.8 Å². The average molecular weight is 336 g/mol. The minimum Gasteiger partial charge on any atom is -0.418 e. The Morgan fingerprint density at radius 1 is 1.62 bits per heavy atom. The molecule has 0 amide bonds. The first kappa shape index (κ1) is 16.5. The molecule has 0 bridgehead atoms. The molecule has 12 heteroatoms. The summed E-state index contributed by atoms with van der Waals surface area (Å²) in [6, 6.07) is 1.44. The summed E-state index contributed by atoms with van der Waals surface area (Å²) in [5.74, 6) is 0.0899. The van der Waals surface area contributed by atoms with E-state index < -0.39 is 38.8 Å². The van der Waals surface area contributed by atoms with E-state index >= 15 is 0 Å². The molecule has 0 aromatic carbocycles. The maximum absolute atomic E-state index is 11.8. The van der Waals surface area contributed by atoms with Crippen molar-refractivity contribution in [1.82, 2.24) is 9.55 Å². The molecule has 1 aliphatic rings. The number of aliphatic hydroxyl groups excluding tert-OH is 1. The number of nitrogens with two attached hydrogens (primary N) is 2. The van der Waals surface area contributed by atoms with E-state index in [1.54, 1.807) is 0 Å². The fourth-order valence-corrected chi connectivity index (χ4v) is 2.92. The lowest BCUT2D eigenvalue weighted by atomic mass is 10.1. The first-order valence-corrected chi connectivity index (χ1v) is 8.11. The van der Waals surface area contributed by atoms with E-state index in [0.717, 1.165) is 0 Å². The number of aromatic nitrogens is 2. The Kier molecular flexibility index (Phi) is 5.41. The molecule has 1 fully saturated rings. The number of hydrogen-bond acceptors (Lipinski definition) is 9. The summed E-state index contributed by atoms with van der Waals surface area (Å²) in [6.45, 7) is -0.116. The maximum atomic E-state index is 11.8. The van der Waals surface area contributed by atoms with Gasteiger partial charge in [0, 0.05) is 6.20 Å². The number of nitrogen functional groups attached to an aromatic ring is 1. The number of aliphatic hydroxyl groups is 1. The predicted octanol–water partition coefficient (Wildman–Crippen LogP) is -3.06. The van der Waals surface area contributed by atoms with Crippen molar-refractivity contribution >= 4 is 24.8 Å². The van der Waals surface area contributed by atoms with Gasteiger partial charge in [0.1, 0.15) is 34.6 Å². The quantitative estimate of drug-likeness (QED) is 0.324. The Morgan fingerprint density at radius 2 is 2.33 bits per heavy atom. The van der Waals surface area contributed by atoms with Gasteiger partial charge < -0.3 is 29.4 Å². The van der Waals surface area contributed by atoms with Gasteiger partial charge >= 0.3 is 5.69 Å². The lowest BCUT2D eigenvalue weighted by Gasteiger charge is -2.20. The van der Waals surface area contributed by atoms with Crippen LogP contribution in [0.4, 0.5) is 5.82 Å². The lowest BCUT2D eigenvalue weighted by molar-refractivity contribution is -0.0476. The van der Waals surface area contributed by atoms with Gasteiger partial charge in [-0.25, -0.2) is 4.79 Å². The molecule has 1 aliphatic heterocycles. The molecule has 1 unspecified atom stereocenters. The van der Waals surface area contributed by atoms with Crippen LogP contribution in [0.25, 0.3) is 0 Å². The SMILES string of the molecule is Nc1ccn([C@@H]2O[C@H](COP(N)O)[C@@H](O)[C@H]2O[SiH3])c(=O)n1. The summed E-state index contributed by atoms with van der Waals surface area (Å²) in [6.07, 6.45) is -1.97. The van der Waals surface area contributed by atoms with E-state index in [9.17, 15) is 9.90 Å². The van der Waals surface area contributed by atoms with Crippen LogP contribution >= 0.6 is 8.53 Å². The van der Waals surface area contributed by atoms with Crippen LogP contribution in [0.3, 0.4) is 0 Å². The van der Waals surface area contributed by atoms with E-state index in [1.165, 1.54) is 16.8 Å². The van der Waals surface area contributed by atoms with Crippen LogP contribution in [-0.4, -0.2) is 55.0 Å². The monoisotopic (exact) mass is 336 g/mol. The highest BCUT2D eigenvalue weighted by molar-refractivity contribution is 7.43. The second-order valence-electron chi connectivity index (χ2n) is 4.40. The second kappa shape index (κ2) is 6.90. The van der Waals surface area contributed by atoms with Gasteiger partial charge in [0.25, 0.3) is 0 Å². The van der Waals surface area contributed by atoms with Crippen molar-refractivity contribution in [2.24, 2.45) is 5.50 Å². The Hall–Kier alpha value is -0.913. The molecule has 5 atom stereocenters. The molecule has 2 rings (SSSR count). The molecule has 1 aromatic rings. The summed E-state index contributed by atoms with van der Waals surface area (Å²) in [5.41, 5.74) is 9.95. The number of rotatable bonds is 5. The van der Waals surface area contributed by atoms with Gasteiger partial charge in [-0.05, 0) is 6.07 Å². The molecule has 0 saturated carbocycles. The standard InChI is InChI=1S/C9H17N4O6PSi/c10-5-1-2-13(9(15)12-5)8-7(19-21)6(14)4(18-8)3-17-20(11)16/h1-2,4,6-8,14,16H,3,11H2,21H3,(H2,10,12,15)/t4-,6-,7-,8-,20?/m1/s1. The topological polar surface area (TPSA) is 155 Å². The molecule has 1 saturated heterocycles. The number of ether oxygens (including phenoxy) is 1. The summed E-state index contributed by atoms with van der Waals surface area (Å²) in [4.78, 5) is 24.4. The largest absolute Gasteiger partial charge is 0.418 e. The maximum Gasteiger partial charge on any atom is 0.351 e. The smallest absolute Gasteiger partial charge is 0.351 e. The second-order valence-corrected chi connectivity index (χ2v) is 5.73. The number of nitrogens with zero attached hydrogens (tertiary/aromatic N) is 2. The van der Waals surface area contributed by atoms with Gasteiger partial charge in [-0.1, -0.05) is 0 Å². The molecule has 118 valence electrons. The van der Waals surface area contributed by atoms with Crippen LogP contribution in [0.15, 0.2) is 17.1 Å². The van der Waals surface area contributed by atoms with Crippen LogP contribution in [0.5, 0.6) is 0 Å². The highest BCUT2D eigenvalue weighted by Gasteiger charge is 2.45. The third-order valence-corrected chi connectivity index (χ3v) is 4.04. The molecule has 2 heterocycles. The van der Waals surface area contributed by atoms with Crippen LogP contribution in [-0.2, 0) is 13.7 Å². The minimum absolute atomic E-state index is 0.0899. The highest BCUT2D eigenvalue weighted by Crippen LogP contribution is 2.32. The van der Waals surface area contributed by atoms with Gasteiger partial charge in [0.15, 0.2) is 6.23 Å². The summed E-state index contributed by atoms with van der Waals surface area (Å²) in [5, 5.41) is 10.2. The first-order valence-electron chi connectivity index (χ1n) is 6.01. The van der Waals surface area contributed by atoms with Gasteiger partial charge in [0.2, 0.25) is 8.53 Å². The molecule has 21 heavy (non-hydrogen) atoms.